The lowest BCUT2D eigenvalue weighted by Gasteiger charge is -1.97. The van der Waals surface area contributed by atoms with E-state index >= 15 is 0 Å². The van der Waals surface area contributed by atoms with Crippen molar-refractivity contribution in [2.45, 2.75) is 84.0 Å². The molecule has 0 aliphatic heterocycles. The van der Waals surface area contributed by atoms with Gasteiger partial charge in [-0.25, -0.2) is 0 Å². The lowest BCUT2D eigenvalue weighted by Crippen LogP contribution is -1.98. The molecule has 0 aromatic heterocycles. The Morgan fingerprint density at radius 1 is 0.810 bits per heavy atom. The van der Waals surface area contributed by atoms with Crippen LogP contribution < -0.4 is 0 Å². The summed E-state index contributed by atoms with van der Waals surface area (Å²) in [4.78, 5) is 10.9. The Morgan fingerprint density at radius 3 is 2.00 bits per heavy atom. The van der Waals surface area contributed by atoms with Crippen LogP contribution in [-0.2, 0) is 9.53 Å². The molecule has 0 radical (unpaired) electrons. The summed E-state index contributed by atoms with van der Waals surface area (Å²) in [6.45, 7) is 2.26. The van der Waals surface area contributed by atoms with Crippen LogP contribution in [0.3, 0.4) is 0 Å². The van der Waals surface area contributed by atoms with Gasteiger partial charge in [-0.1, -0.05) is 63.3 Å². The molecule has 0 N–H and O–H groups in total. The Hall–Kier alpha value is -1.05. The van der Waals surface area contributed by atoms with Crippen molar-refractivity contribution in [3.8, 4) is 0 Å². The first-order valence-corrected chi connectivity index (χ1v) is 8.68. The minimum atomic E-state index is -0.100. The number of carbonyl (C=O) groups is 1. The summed E-state index contributed by atoms with van der Waals surface area (Å²) in [7, 11) is 1.44. The van der Waals surface area contributed by atoms with Gasteiger partial charge >= 0.3 is 5.97 Å². The minimum Gasteiger partial charge on any atom is -0.469 e. The molecule has 0 aliphatic carbocycles. The Labute approximate surface area is 131 Å². The molecule has 0 fully saturated rings. The zero-order valence-corrected chi connectivity index (χ0v) is 14.1. The lowest BCUT2D eigenvalue weighted by molar-refractivity contribution is -0.140. The molecule has 0 saturated carbocycles. The molecule has 0 saturated heterocycles. The molecule has 0 unspecified atom stereocenters. The number of hydrogen-bond donors (Lipinski definition) is 0. The van der Waals surface area contributed by atoms with Gasteiger partial charge in [-0.15, -0.1) is 0 Å². The maximum absolute atomic E-state index is 10.9. The van der Waals surface area contributed by atoms with Crippen molar-refractivity contribution in [1.82, 2.24) is 0 Å². The summed E-state index contributed by atoms with van der Waals surface area (Å²) in [6.07, 6.45) is 23.1. The van der Waals surface area contributed by atoms with Gasteiger partial charge in [0.1, 0.15) is 0 Å². The van der Waals surface area contributed by atoms with Gasteiger partial charge in [0.05, 0.1) is 7.11 Å². The number of allylic oxidation sites excluding steroid dienone is 4. The van der Waals surface area contributed by atoms with Crippen molar-refractivity contribution < 1.29 is 9.53 Å². The van der Waals surface area contributed by atoms with Crippen LogP contribution in [0.15, 0.2) is 24.3 Å². The zero-order valence-electron chi connectivity index (χ0n) is 14.1. The second-order valence-electron chi connectivity index (χ2n) is 5.56. The number of rotatable bonds is 14. The fraction of sp³-hybridized carbons (Fsp3) is 0.737. The van der Waals surface area contributed by atoms with E-state index in [2.05, 4.69) is 36.0 Å². The molecular formula is C19H34O2. The molecule has 2 nitrogen and oxygen atoms in total. The van der Waals surface area contributed by atoms with Crippen molar-refractivity contribution in [3.63, 3.8) is 0 Å². The molecule has 0 aliphatic rings. The van der Waals surface area contributed by atoms with Crippen molar-refractivity contribution in [2.75, 3.05) is 7.11 Å². The molecule has 0 spiro atoms. The van der Waals surface area contributed by atoms with Crippen LogP contribution in [0.2, 0.25) is 0 Å². The Kier molecular flexibility index (Phi) is 16.2. The topological polar surface area (TPSA) is 26.3 Å². The molecular weight excluding hydrogens is 260 g/mol. The van der Waals surface area contributed by atoms with Crippen LogP contribution in [0.4, 0.5) is 0 Å². The highest BCUT2D eigenvalue weighted by atomic mass is 16.5. The molecule has 2 heteroatoms. The van der Waals surface area contributed by atoms with E-state index in [9.17, 15) is 4.79 Å². The quantitative estimate of drug-likeness (QED) is 0.224. The zero-order chi connectivity index (χ0) is 15.6. The number of unbranched alkanes of at least 4 members (excludes halogenated alkanes) is 8. The summed E-state index contributed by atoms with van der Waals surface area (Å²) in [5, 5.41) is 0. The first-order chi connectivity index (χ1) is 10.3. The average Bonchev–Trinajstić information content (AvgIpc) is 2.50. The lowest BCUT2D eigenvalue weighted by atomic mass is 10.1. The summed E-state index contributed by atoms with van der Waals surface area (Å²) < 4.78 is 4.60. The highest BCUT2D eigenvalue weighted by Crippen LogP contribution is 2.07. The monoisotopic (exact) mass is 294 g/mol. The van der Waals surface area contributed by atoms with Gasteiger partial charge in [0, 0.05) is 6.42 Å². The summed E-state index contributed by atoms with van der Waals surface area (Å²) >= 11 is 0. The van der Waals surface area contributed by atoms with Crippen molar-refractivity contribution >= 4 is 5.97 Å². The van der Waals surface area contributed by atoms with E-state index in [4.69, 9.17) is 0 Å². The highest BCUT2D eigenvalue weighted by molar-refractivity contribution is 5.68. The van der Waals surface area contributed by atoms with Gasteiger partial charge in [0.2, 0.25) is 0 Å². The summed E-state index contributed by atoms with van der Waals surface area (Å²) in [5.41, 5.74) is 0. The largest absolute Gasteiger partial charge is 0.469 e. The van der Waals surface area contributed by atoms with Gasteiger partial charge in [-0.2, -0.15) is 0 Å². The van der Waals surface area contributed by atoms with E-state index in [1.807, 2.05) is 0 Å². The number of hydrogen-bond acceptors (Lipinski definition) is 2. The van der Waals surface area contributed by atoms with Crippen LogP contribution in [0.1, 0.15) is 84.0 Å². The first-order valence-electron chi connectivity index (χ1n) is 8.68. The molecule has 122 valence electrons. The van der Waals surface area contributed by atoms with E-state index in [-0.39, 0.29) is 5.97 Å². The maximum atomic E-state index is 10.9. The Morgan fingerprint density at radius 2 is 1.38 bits per heavy atom. The van der Waals surface area contributed by atoms with Crippen molar-refractivity contribution in [1.29, 1.82) is 0 Å². The van der Waals surface area contributed by atoms with Crippen molar-refractivity contribution in [3.05, 3.63) is 24.3 Å². The summed E-state index contributed by atoms with van der Waals surface area (Å²) in [5.74, 6) is -0.100. The summed E-state index contributed by atoms with van der Waals surface area (Å²) in [6, 6.07) is 0. The molecule has 0 rings (SSSR count). The fourth-order valence-electron chi connectivity index (χ4n) is 2.18. The van der Waals surface area contributed by atoms with E-state index < -0.39 is 0 Å². The molecule has 0 atom stereocenters. The third-order valence-electron chi connectivity index (χ3n) is 3.56. The predicted molar refractivity (Wildman–Crippen MR) is 91.4 cm³/mol. The van der Waals surface area contributed by atoms with Crippen LogP contribution in [-0.4, -0.2) is 13.1 Å². The van der Waals surface area contributed by atoms with Crippen molar-refractivity contribution in [2.24, 2.45) is 0 Å². The Balaban J connectivity index is 3.23. The molecule has 0 heterocycles. The smallest absolute Gasteiger partial charge is 0.305 e. The molecule has 21 heavy (non-hydrogen) atoms. The van der Waals surface area contributed by atoms with Crippen LogP contribution in [0, 0.1) is 0 Å². The SMILES string of the molecule is CCCCCCCC/C=C/C/C=C/CCCCC(=O)OC. The number of carbonyl (C=O) groups excluding carboxylic acids is 1. The van der Waals surface area contributed by atoms with E-state index in [0.29, 0.717) is 6.42 Å². The number of methoxy groups -OCH3 is 1. The fourth-order valence-corrected chi connectivity index (χ4v) is 2.18. The van der Waals surface area contributed by atoms with E-state index in [0.717, 1.165) is 25.7 Å². The first kappa shape index (κ1) is 19.9. The predicted octanol–water partition coefficient (Wildman–Crippen LogP) is 5.97. The minimum absolute atomic E-state index is 0.100. The second kappa shape index (κ2) is 17.0. The van der Waals surface area contributed by atoms with Gasteiger partial charge in [0.25, 0.3) is 0 Å². The number of ether oxygens (including phenoxy) is 1. The van der Waals surface area contributed by atoms with E-state index in [1.165, 1.54) is 52.1 Å². The maximum Gasteiger partial charge on any atom is 0.305 e. The number of esters is 1. The van der Waals surface area contributed by atoms with Crippen LogP contribution in [0.25, 0.3) is 0 Å². The average molecular weight is 294 g/mol. The normalized spacial score (nSPS) is 11.5. The molecule has 0 aromatic rings. The van der Waals surface area contributed by atoms with Gasteiger partial charge in [-0.05, 0) is 38.5 Å². The van der Waals surface area contributed by atoms with Crippen LogP contribution in [0.5, 0.6) is 0 Å². The molecule has 0 amide bonds. The molecule has 0 aromatic carbocycles. The molecule has 0 bridgehead atoms. The third kappa shape index (κ3) is 16.9. The van der Waals surface area contributed by atoms with Gasteiger partial charge < -0.3 is 4.74 Å². The third-order valence-corrected chi connectivity index (χ3v) is 3.56. The second-order valence-corrected chi connectivity index (χ2v) is 5.56. The van der Waals surface area contributed by atoms with Gasteiger partial charge in [0.15, 0.2) is 0 Å². The van der Waals surface area contributed by atoms with E-state index in [1.54, 1.807) is 0 Å². The highest BCUT2D eigenvalue weighted by Gasteiger charge is 1.97. The van der Waals surface area contributed by atoms with Gasteiger partial charge in [-0.3, -0.25) is 4.79 Å². The van der Waals surface area contributed by atoms with Crippen LogP contribution >= 0.6 is 0 Å². The Bertz CT molecular complexity index is 279. The standard InChI is InChI=1S/C19H34O2/c1-3-4-5-6-7-8-9-10-11-12-13-14-15-16-17-18-19(20)21-2/h10-11,13-14H,3-9,12,15-18H2,1-2H3/b11-10+,14-13+.